The summed E-state index contributed by atoms with van der Waals surface area (Å²) in [6.45, 7) is 11.6. The van der Waals surface area contributed by atoms with Gasteiger partial charge in [0.2, 0.25) is 0 Å². The summed E-state index contributed by atoms with van der Waals surface area (Å²) >= 11 is 0. The number of unbranched alkanes of at least 4 members (excludes halogenated alkanes) is 3. The minimum absolute atomic E-state index is 0.910. The summed E-state index contributed by atoms with van der Waals surface area (Å²) in [5, 5.41) is 0. The maximum absolute atomic E-state index is 6.44. The lowest BCUT2D eigenvalue weighted by Crippen LogP contribution is -2.38. The highest BCUT2D eigenvalue weighted by molar-refractivity contribution is 6.73. The first-order valence-electron chi connectivity index (χ1n) is 7.99. The van der Waals surface area contributed by atoms with Crippen LogP contribution in [0.1, 0.15) is 65.7 Å². The molecular weight excluding hydrogens is 236 g/mol. The van der Waals surface area contributed by atoms with Gasteiger partial charge >= 0.3 is 0 Å². The minimum atomic E-state index is -1.44. The minimum Gasteiger partial charge on any atom is -0.416 e. The smallest absolute Gasteiger partial charge is 0.192 e. The maximum atomic E-state index is 6.44. The zero-order valence-corrected chi connectivity index (χ0v) is 14.0. The van der Waals surface area contributed by atoms with Crippen molar-refractivity contribution in [2.45, 2.75) is 83.8 Å². The van der Waals surface area contributed by atoms with Gasteiger partial charge in [-0.05, 0) is 24.6 Å². The SMILES string of the molecule is C=CCCO[Si](CCCC)(CCCC)CCCC. The molecule has 0 aromatic carbocycles. The van der Waals surface area contributed by atoms with Gasteiger partial charge in [-0.2, -0.15) is 0 Å². The van der Waals surface area contributed by atoms with Crippen LogP contribution in [0.4, 0.5) is 0 Å². The molecule has 0 rings (SSSR count). The fourth-order valence-corrected chi connectivity index (χ4v) is 7.17. The molecule has 0 spiro atoms. The summed E-state index contributed by atoms with van der Waals surface area (Å²) in [5.74, 6) is 0. The van der Waals surface area contributed by atoms with E-state index in [9.17, 15) is 0 Å². The lowest BCUT2D eigenvalue weighted by Gasteiger charge is -2.32. The van der Waals surface area contributed by atoms with Crippen LogP contribution in [0, 0.1) is 0 Å². The van der Waals surface area contributed by atoms with Crippen molar-refractivity contribution in [2.75, 3.05) is 6.61 Å². The molecule has 0 aliphatic heterocycles. The third-order valence-corrected chi connectivity index (χ3v) is 8.30. The number of rotatable bonds is 13. The molecule has 0 amide bonds. The first-order valence-corrected chi connectivity index (χ1v) is 10.5. The molecule has 0 fully saturated rings. The van der Waals surface area contributed by atoms with E-state index in [1.807, 2.05) is 6.08 Å². The fourth-order valence-electron chi connectivity index (χ4n) is 2.45. The zero-order valence-electron chi connectivity index (χ0n) is 13.0. The monoisotopic (exact) mass is 270 g/mol. The van der Waals surface area contributed by atoms with Gasteiger partial charge in [-0.25, -0.2) is 0 Å². The third kappa shape index (κ3) is 8.10. The first kappa shape index (κ1) is 17.9. The normalized spacial score (nSPS) is 11.7. The molecule has 0 radical (unpaired) electrons. The highest BCUT2D eigenvalue weighted by Gasteiger charge is 2.32. The lowest BCUT2D eigenvalue weighted by molar-refractivity contribution is 0.300. The van der Waals surface area contributed by atoms with E-state index in [1.165, 1.54) is 56.7 Å². The molecule has 0 saturated carbocycles. The zero-order chi connectivity index (χ0) is 13.7. The van der Waals surface area contributed by atoms with Gasteiger partial charge in [-0.3, -0.25) is 0 Å². The molecular formula is C16H34OSi. The van der Waals surface area contributed by atoms with Crippen LogP contribution in [0.5, 0.6) is 0 Å². The second-order valence-electron chi connectivity index (χ2n) is 5.42. The van der Waals surface area contributed by atoms with Crippen LogP contribution < -0.4 is 0 Å². The fraction of sp³-hybridized carbons (Fsp3) is 0.875. The first-order chi connectivity index (χ1) is 8.74. The second kappa shape index (κ2) is 12.0. The van der Waals surface area contributed by atoms with Crippen molar-refractivity contribution in [3.05, 3.63) is 12.7 Å². The van der Waals surface area contributed by atoms with Crippen molar-refractivity contribution in [1.82, 2.24) is 0 Å². The quantitative estimate of drug-likeness (QED) is 0.229. The highest BCUT2D eigenvalue weighted by Crippen LogP contribution is 2.29. The van der Waals surface area contributed by atoms with Crippen LogP contribution >= 0.6 is 0 Å². The molecule has 0 N–H and O–H groups in total. The second-order valence-corrected chi connectivity index (χ2v) is 9.57. The Balaban J connectivity index is 4.45. The molecule has 2 heteroatoms. The van der Waals surface area contributed by atoms with Crippen molar-refractivity contribution >= 4 is 8.32 Å². The number of hydrogen-bond acceptors (Lipinski definition) is 1. The van der Waals surface area contributed by atoms with Gasteiger partial charge in [0.1, 0.15) is 0 Å². The summed E-state index contributed by atoms with van der Waals surface area (Å²) in [6, 6.07) is 4.13. The van der Waals surface area contributed by atoms with Crippen LogP contribution in [0.25, 0.3) is 0 Å². The van der Waals surface area contributed by atoms with Crippen LogP contribution in [-0.2, 0) is 4.43 Å². The Morgan fingerprint density at radius 3 is 1.67 bits per heavy atom. The molecule has 108 valence electrons. The van der Waals surface area contributed by atoms with E-state index >= 15 is 0 Å². The standard InChI is InChI=1S/C16H34OSi/c1-5-9-13-17-18(14-10-6-2,15-11-7-3)16-12-8-4/h5H,1,6-16H2,2-4H3. The van der Waals surface area contributed by atoms with Gasteiger partial charge in [0.15, 0.2) is 8.32 Å². The topological polar surface area (TPSA) is 9.23 Å². The van der Waals surface area contributed by atoms with E-state index in [2.05, 4.69) is 27.4 Å². The maximum Gasteiger partial charge on any atom is 0.192 e. The molecule has 0 aromatic rings. The summed E-state index contributed by atoms with van der Waals surface area (Å²) in [6.07, 6.45) is 11.0. The van der Waals surface area contributed by atoms with Crippen LogP contribution in [0.2, 0.25) is 18.1 Å². The van der Waals surface area contributed by atoms with Crippen LogP contribution in [-0.4, -0.2) is 14.9 Å². The van der Waals surface area contributed by atoms with Crippen molar-refractivity contribution in [2.24, 2.45) is 0 Å². The summed E-state index contributed by atoms with van der Waals surface area (Å²) in [7, 11) is -1.44. The van der Waals surface area contributed by atoms with Gasteiger partial charge in [0, 0.05) is 6.61 Å². The van der Waals surface area contributed by atoms with E-state index in [-0.39, 0.29) is 0 Å². The molecule has 0 aromatic heterocycles. The molecule has 0 aliphatic carbocycles. The summed E-state index contributed by atoms with van der Waals surface area (Å²) in [5.41, 5.74) is 0. The Morgan fingerprint density at radius 1 is 0.889 bits per heavy atom. The molecule has 1 nitrogen and oxygen atoms in total. The Labute approximate surface area is 116 Å². The lowest BCUT2D eigenvalue weighted by atomic mass is 10.4. The van der Waals surface area contributed by atoms with Crippen molar-refractivity contribution in [3.8, 4) is 0 Å². The van der Waals surface area contributed by atoms with Gasteiger partial charge in [-0.1, -0.05) is 65.4 Å². The average molecular weight is 271 g/mol. The summed E-state index contributed by atoms with van der Waals surface area (Å²) in [4.78, 5) is 0. The van der Waals surface area contributed by atoms with Gasteiger partial charge in [0.25, 0.3) is 0 Å². The van der Waals surface area contributed by atoms with Crippen molar-refractivity contribution in [1.29, 1.82) is 0 Å². The Kier molecular flexibility index (Phi) is 11.9. The molecule has 18 heavy (non-hydrogen) atoms. The predicted molar refractivity (Wildman–Crippen MR) is 85.7 cm³/mol. The molecule has 0 unspecified atom stereocenters. The van der Waals surface area contributed by atoms with Gasteiger partial charge in [0.05, 0.1) is 0 Å². The third-order valence-electron chi connectivity index (χ3n) is 3.69. The molecule has 0 bridgehead atoms. The largest absolute Gasteiger partial charge is 0.416 e. The Bertz CT molecular complexity index is 170. The van der Waals surface area contributed by atoms with E-state index in [1.54, 1.807) is 0 Å². The highest BCUT2D eigenvalue weighted by atomic mass is 28.4. The molecule has 0 aliphatic rings. The molecule has 0 heterocycles. The van der Waals surface area contributed by atoms with Gasteiger partial charge < -0.3 is 4.43 Å². The van der Waals surface area contributed by atoms with Crippen LogP contribution in [0.15, 0.2) is 12.7 Å². The van der Waals surface area contributed by atoms with Gasteiger partial charge in [-0.15, -0.1) is 6.58 Å². The van der Waals surface area contributed by atoms with E-state index < -0.39 is 8.32 Å². The molecule has 0 atom stereocenters. The number of hydrogen-bond donors (Lipinski definition) is 0. The van der Waals surface area contributed by atoms with E-state index in [4.69, 9.17) is 4.43 Å². The molecule has 0 saturated heterocycles. The predicted octanol–water partition coefficient (Wildman–Crippen LogP) is 5.92. The van der Waals surface area contributed by atoms with Crippen molar-refractivity contribution in [3.63, 3.8) is 0 Å². The van der Waals surface area contributed by atoms with E-state index in [0.29, 0.717) is 0 Å². The van der Waals surface area contributed by atoms with E-state index in [0.717, 1.165) is 13.0 Å². The Morgan fingerprint density at radius 2 is 1.33 bits per heavy atom. The summed E-state index contributed by atoms with van der Waals surface area (Å²) < 4.78 is 6.44. The van der Waals surface area contributed by atoms with Crippen molar-refractivity contribution < 1.29 is 4.43 Å². The van der Waals surface area contributed by atoms with Crippen LogP contribution in [0.3, 0.4) is 0 Å². The average Bonchev–Trinajstić information content (AvgIpc) is 2.40. The Hall–Kier alpha value is -0.0831.